The molecule has 0 aromatic carbocycles. The first-order valence-electron chi connectivity index (χ1n) is 2.96. The fourth-order valence-electron chi connectivity index (χ4n) is 0.470. The molecular formula is C5H14INO3. The lowest BCUT2D eigenvalue weighted by atomic mass is 10.3. The van der Waals surface area contributed by atoms with E-state index in [1.165, 1.54) is 0 Å². The summed E-state index contributed by atoms with van der Waals surface area (Å²) < 4.78 is 24.1. The average Bonchev–Trinajstić information content (AvgIpc) is 1.80. The van der Waals surface area contributed by atoms with Gasteiger partial charge >= 0.3 is 21.1 Å². The Labute approximate surface area is 70.2 Å². The average molecular weight is 263 g/mol. The highest BCUT2D eigenvalue weighted by molar-refractivity contribution is 4.31. The van der Waals surface area contributed by atoms with E-state index < -0.39 is 21.1 Å². The molecule has 0 atom stereocenters. The molecule has 0 aromatic rings. The van der Waals surface area contributed by atoms with E-state index in [0.29, 0.717) is 6.61 Å². The van der Waals surface area contributed by atoms with Gasteiger partial charge in [0.05, 0.1) is 0 Å². The summed E-state index contributed by atoms with van der Waals surface area (Å²) >= 11 is -3.36. The second-order valence-corrected chi connectivity index (χ2v) is 3.41. The first kappa shape index (κ1) is 13.2. The van der Waals surface area contributed by atoms with Gasteiger partial charge in [-0.25, -0.2) is 0 Å². The van der Waals surface area contributed by atoms with E-state index in [-0.39, 0.29) is 6.15 Å². The Hall–Kier alpha value is 0.570. The molecule has 3 N–H and O–H groups in total. The molecule has 0 fully saturated rings. The van der Waals surface area contributed by atoms with Crippen LogP contribution >= 0.6 is 0 Å². The Morgan fingerprint density at radius 2 is 1.90 bits per heavy atom. The fraction of sp³-hybridized carbons (Fsp3) is 1.00. The number of unbranched alkanes of at least 4 members (excludes halogenated alkanes) is 2. The van der Waals surface area contributed by atoms with Crippen molar-refractivity contribution in [2.45, 2.75) is 26.2 Å². The van der Waals surface area contributed by atoms with Crippen molar-refractivity contribution in [3.8, 4) is 0 Å². The van der Waals surface area contributed by atoms with Crippen LogP contribution in [-0.2, 0) is 3.07 Å². The second kappa shape index (κ2) is 9.57. The summed E-state index contributed by atoms with van der Waals surface area (Å²) in [6, 6.07) is 0. The summed E-state index contributed by atoms with van der Waals surface area (Å²) in [5.41, 5.74) is 0. The zero-order valence-electron chi connectivity index (χ0n) is 6.14. The highest BCUT2D eigenvalue weighted by Gasteiger charge is 2.08. The zero-order chi connectivity index (χ0) is 7.11. The van der Waals surface area contributed by atoms with E-state index in [2.05, 4.69) is 9.99 Å². The van der Waals surface area contributed by atoms with Gasteiger partial charge in [0, 0.05) is 0 Å². The predicted molar refractivity (Wildman–Crippen MR) is 30.5 cm³/mol. The van der Waals surface area contributed by atoms with Crippen LogP contribution in [-0.4, -0.2) is 6.61 Å². The molecular weight excluding hydrogens is 249 g/mol. The number of rotatable bonds is 5. The van der Waals surface area contributed by atoms with Gasteiger partial charge in [0.2, 0.25) is 0 Å². The number of hydrogen-bond acceptors (Lipinski definition) is 4. The molecule has 0 heterocycles. The van der Waals surface area contributed by atoms with Gasteiger partial charge in [-0.3, -0.25) is 0 Å². The number of halogens is 1. The normalized spacial score (nSPS) is 9.60. The van der Waals surface area contributed by atoms with Crippen molar-refractivity contribution in [3.05, 3.63) is 0 Å². The minimum absolute atomic E-state index is 0. The Bertz CT molecular complexity index is 62.9. The SMILES string of the molecule is CCCCCO[I+2]([O-])[O-].N. The molecule has 0 bridgehead atoms. The summed E-state index contributed by atoms with van der Waals surface area (Å²) in [6.45, 7) is 2.44. The van der Waals surface area contributed by atoms with Crippen molar-refractivity contribution in [3.63, 3.8) is 0 Å². The van der Waals surface area contributed by atoms with Crippen LogP contribution in [0.1, 0.15) is 26.2 Å². The van der Waals surface area contributed by atoms with Crippen molar-refractivity contribution in [1.29, 1.82) is 0 Å². The van der Waals surface area contributed by atoms with E-state index >= 15 is 0 Å². The standard InChI is InChI=1S/C5H11IO3.H3N/c1-2-3-4-5-9-6(7)8;/h2-5H2,1H3;1H3. The third-order valence-corrected chi connectivity index (χ3v) is 1.86. The first-order chi connectivity index (χ1) is 4.27. The Morgan fingerprint density at radius 1 is 1.30 bits per heavy atom. The lowest BCUT2D eigenvalue weighted by molar-refractivity contribution is -1.63. The van der Waals surface area contributed by atoms with Crippen molar-refractivity contribution < 1.29 is 31.0 Å². The molecule has 0 saturated heterocycles. The van der Waals surface area contributed by atoms with Crippen LogP contribution in [0.2, 0.25) is 0 Å². The van der Waals surface area contributed by atoms with Crippen LogP contribution in [0, 0.1) is 0 Å². The van der Waals surface area contributed by atoms with Crippen molar-refractivity contribution >= 4 is 0 Å². The molecule has 5 heteroatoms. The molecule has 0 rings (SSSR count). The van der Waals surface area contributed by atoms with E-state index in [0.717, 1.165) is 19.3 Å². The van der Waals surface area contributed by atoms with Crippen LogP contribution in [0.15, 0.2) is 0 Å². The minimum atomic E-state index is -3.36. The molecule has 0 spiro atoms. The van der Waals surface area contributed by atoms with Gasteiger partial charge in [0.1, 0.15) is 6.61 Å². The van der Waals surface area contributed by atoms with Crippen molar-refractivity contribution in [2.24, 2.45) is 0 Å². The van der Waals surface area contributed by atoms with Gasteiger partial charge in [-0.1, -0.05) is 19.8 Å². The third kappa shape index (κ3) is 11.4. The van der Waals surface area contributed by atoms with E-state index in [1.807, 2.05) is 0 Å². The molecule has 0 unspecified atom stereocenters. The smallest absolute Gasteiger partial charge is 0.396 e. The largest absolute Gasteiger partial charge is 0.506 e. The van der Waals surface area contributed by atoms with E-state index in [1.54, 1.807) is 0 Å². The van der Waals surface area contributed by atoms with Gasteiger partial charge < -0.3 is 13.0 Å². The van der Waals surface area contributed by atoms with Gasteiger partial charge in [-0.15, -0.1) is 0 Å². The molecule has 0 amide bonds. The maximum absolute atomic E-state index is 9.87. The van der Waals surface area contributed by atoms with Crippen molar-refractivity contribution in [2.75, 3.05) is 6.61 Å². The van der Waals surface area contributed by atoms with Crippen molar-refractivity contribution in [1.82, 2.24) is 6.15 Å². The molecule has 0 radical (unpaired) electrons. The molecule has 0 aliphatic carbocycles. The quantitative estimate of drug-likeness (QED) is 0.410. The Morgan fingerprint density at radius 3 is 2.30 bits per heavy atom. The zero-order valence-corrected chi connectivity index (χ0v) is 8.30. The first-order valence-corrected chi connectivity index (χ1v) is 5.60. The van der Waals surface area contributed by atoms with Gasteiger partial charge in [-0.2, -0.15) is 0 Å². The van der Waals surface area contributed by atoms with Gasteiger partial charge in [0.25, 0.3) is 0 Å². The highest BCUT2D eigenvalue weighted by atomic mass is 127. The Balaban J connectivity index is 0. The van der Waals surface area contributed by atoms with E-state index in [9.17, 15) is 6.87 Å². The number of hydrogen-bond donors (Lipinski definition) is 1. The second-order valence-electron chi connectivity index (χ2n) is 1.71. The summed E-state index contributed by atoms with van der Waals surface area (Å²) in [5.74, 6) is 0. The van der Waals surface area contributed by atoms with Gasteiger partial charge in [0.15, 0.2) is 0 Å². The molecule has 4 nitrogen and oxygen atoms in total. The van der Waals surface area contributed by atoms with Gasteiger partial charge in [-0.05, 0) is 9.49 Å². The molecule has 0 aliphatic rings. The summed E-state index contributed by atoms with van der Waals surface area (Å²) in [6.07, 6.45) is 2.99. The monoisotopic (exact) mass is 263 g/mol. The van der Waals surface area contributed by atoms with Crippen LogP contribution < -0.4 is 34.1 Å². The molecule has 0 aromatic heterocycles. The lowest BCUT2D eigenvalue weighted by Gasteiger charge is -1.91. The summed E-state index contributed by atoms with van der Waals surface area (Å²) in [4.78, 5) is 0. The lowest BCUT2D eigenvalue weighted by Crippen LogP contribution is -3.99. The highest BCUT2D eigenvalue weighted by Crippen LogP contribution is 1.90. The molecule has 64 valence electrons. The van der Waals surface area contributed by atoms with Crippen LogP contribution in [0.5, 0.6) is 0 Å². The summed E-state index contributed by atoms with van der Waals surface area (Å²) in [7, 11) is 0. The topological polar surface area (TPSA) is 90.3 Å². The fourth-order valence-corrected chi connectivity index (χ4v) is 1.14. The predicted octanol–water partition coefficient (Wildman–Crippen LogP) is -3.55. The van der Waals surface area contributed by atoms with E-state index in [4.69, 9.17) is 0 Å². The summed E-state index contributed by atoms with van der Waals surface area (Å²) in [5, 5.41) is 0. The molecule has 10 heavy (non-hydrogen) atoms. The minimum Gasteiger partial charge on any atom is -0.396 e. The van der Waals surface area contributed by atoms with Crippen LogP contribution in [0.25, 0.3) is 0 Å². The molecule has 0 saturated carbocycles. The third-order valence-electron chi connectivity index (χ3n) is 0.914. The van der Waals surface area contributed by atoms with Crippen LogP contribution in [0.4, 0.5) is 0 Å². The maximum atomic E-state index is 9.87. The van der Waals surface area contributed by atoms with Crippen LogP contribution in [0.3, 0.4) is 0 Å². The maximum Gasteiger partial charge on any atom is 0.506 e. The molecule has 0 aliphatic heterocycles. The Kier molecular flexibility index (Phi) is 12.6.